The number of benzene rings is 1. The van der Waals surface area contributed by atoms with Gasteiger partial charge < -0.3 is 15.2 Å². The number of amides is 2. The number of nitrogens with zero attached hydrogens (tertiary/aromatic N) is 1. The number of aromatic nitrogens is 1. The summed E-state index contributed by atoms with van der Waals surface area (Å²) in [4.78, 5) is 36.2. The van der Waals surface area contributed by atoms with Gasteiger partial charge in [-0.3, -0.25) is 14.4 Å². The van der Waals surface area contributed by atoms with E-state index in [9.17, 15) is 14.4 Å². The van der Waals surface area contributed by atoms with E-state index in [1.54, 1.807) is 49.5 Å². The number of aryl methyl sites for hydroxylation is 1. The molecule has 2 rings (SSSR count). The van der Waals surface area contributed by atoms with Gasteiger partial charge in [0, 0.05) is 18.8 Å². The van der Waals surface area contributed by atoms with Crippen molar-refractivity contribution in [1.29, 1.82) is 0 Å². The van der Waals surface area contributed by atoms with Gasteiger partial charge in [0.05, 0.1) is 0 Å². The molecule has 2 amide bonds. The quantitative estimate of drug-likeness (QED) is 0.855. The summed E-state index contributed by atoms with van der Waals surface area (Å²) < 4.78 is 1.32. The predicted molar refractivity (Wildman–Crippen MR) is 86.8 cm³/mol. The monoisotopic (exact) mass is 313 g/mol. The molecule has 0 saturated heterocycles. The maximum Gasteiger partial charge on any atom is 0.253 e. The van der Waals surface area contributed by atoms with Crippen LogP contribution in [0.25, 0.3) is 0 Å². The number of carbonyl (C=O) groups is 2. The molecule has 6 nitrogen and oxygen atoms in total. The summed E-state index contributed by atoms with van der Waals surface area (Å²) >= 11 is 0. The van der Waals surface area contributed by atoms with Crippen molar-refractivity contribution in [2.24, 2.45) is 0 Å². The van der Waals surface area contributed by atoms with Crippen molar-refractivity contribution in [2.45, 2.75) is 19.5 Å². The second-order valence-corrected chi connectivity index (χ2v) is 5.15. The minimum atomic E-state index is -0.797. The minimum Gasteiger partial charge on any atom is -0.357 e. The Bertz CT molecular complexity index is 753. The Labute approximate surface area is 134 Å². The number of pyridine rings is 1. The lowest BCUT2D eigenvalue weighted by Crippen LogP contribution is -2.41. The fraction of sp³-hybridized carbons (Fsp3) is 0.235. The average molecular weight is 313 g/mol. The molecular weight excluding hydrogens is 294 g/mol. The largest absolute Gasteiger partial charge is 0.357 e. The highest BCUT2D eigenvalue weighted by Gasteiger charge is 2.21. The third-order valence-electron chi connectivity index (χ3n) is 3.47. The van der Waals surface area contributed by atoms with Gasteiger partial charge in [0.2, 0.25) is 11.8 Å². The Morgan fingerprint density at radius 1 is 1.13 bits per heavy atom. The molecule has 0 fully saturated rings. The maximum absolute atomic E-state index is 12.2. The van der Waals surface area contributed by atoms with Crippen LogP contribution in [0, 0.1) is 6.92 Å². The molecule has 1 aromatic carbocycles. The fourth-order valence-corrected chi connectivity index (χ4v) is 2.23. The molecular formula is C17H19N3O3. The lowest BCUT2D eigenvalue weighted by atomic mass is 10.1. The van der Waals surface area contributed by atoms with Gasteiger partial charge in [0.15, 0.2) is 0 Å². The van der Waals surface area contributed by atoms with Crippen molar-refractivity contribution in [3.63, 3.8) is 0 Å². The van der Waals surface area contributed by atoms with Crippen molar-refractivity contribution >= 4 is 11.8 Å². The van der Waals surface area contributed by atoms with Crippen molar-refractivity contribution in [1.82, 2.24) is 15.2 Å². The number of carbonyl (C=O) groups excluding carboxylic acids is 2. The molecule has 0 aliphatic carbocycles. The topological polar surface area (TPSA) is 80.2 Å². The first-order valence-electron chi connectivity index (χ1n) is 7.25. The average Bonchev–Trinajstić information content (AvgIpc) is 2.57. The van der Waals surface area contributed by atoms with Crippen molar-refractivity contribution < 1.29 is 9.59 Å². The van der Waals surface area contributed by atoms with Crippen LogP contribution in [-0.2, 0) is 16.1 Å². The third kappa shape index (κ3) is 4.06. The SMILES string of the molecule is CNC(=O)[C@H](NC(=O)Cn1cccc(C)c1=O)c1ccccc1. The second-order valence-electron chi connectivity index (χ2n) is 5.15. The van der Waals surface area contributed by atoms with E-state index < -0.39 is 11.9 Å². The van der Waals surface area contributed by atoms with Gasteiger partial charge in [0.1, 0.15) is 12.6 Å². The van der Waals surface area contributed by atoms with Gasteiger partial charge in [-0.1, -0.05) is 36.4 Å². The number of hydrogen-bond acceptors (Lipinski definition) is 3. The van der Waals surface area contributed by atoms with Gasteiger partial charge >= 0.3 is 0 Å². The standard InChI is InChI=1S/C17H19N3O3/c1-12-7-6-10-20(17(12)23)11-14(21)19-15(16(22)18-2)13-8-4-3-5-9-13/h3-10,15H,11H2,1-2H3,(H,18,22)(H,19,21)/t15-/m1/s1. The summed E-state index contributed by atoms with van der Waals surface area (Å²) in [6, 6.07) is 11.5. The summed E-state index contributed by atoms with van der Waals surface area (Å²) in [5.41, 5.74) is 1.02. The summed E-state index contributed by atoms with van der Waals surface area (Å²) in [7, 11) is 1.51. The maximum atomic E-state index is 12.2. The van der Waals surface area contributed by atoms with Crippen LogP contribution >= 0.6 is 0 Å². The minimum absolute atomic E-state index is 0.138. The first-order valence-corrected chi connectivity index (χ1v) is 7.25. The van der Waals surface area contributed by atoms with Crippen LogP contribution in [-0.4, -0.2) is 23.4 Å². The first kappa shape index (κ1) is 16.5. The van der Waals surface area contributed by atoms with Crippen LogP contribution in [0.2, 0.25) is 0 Å². The van der Waals surface area contributed by atoms with Gasteiger partial charge in [-0.15, -0.1) is 0 Å². The van der Waals surface area contributed by atoms with E-state index in [2.05, 4.69) is 10.6 Å². The molecule has 0 unspecified atom stereocenters. The molecule has 120 valence electrons. The molecule has 1 atom stereocenters. The zero-order valence-corrected chi connectivity index (χ0v) is 13.1. The van der Waals surface area contributed by atoms with Crippen LogP contribution in [0.3, 0.4) is 0 Å². The van der Waals surface area contributed by atoms with Crippen LogP contribution in [0.15, 0.2) is 53.5 Å². The Morgan fingerprint density at radius 2 is 1.83 bits per heavy atom. The van der Waals surface area contributed by atoms with E-state index in [0.29, 0.717) is 11.1 Å². The molecule has 2 aromatic rings. The highest BCUT2D eigenvalue weighted by Crippen LogP contribution is 2.12. The van der Waals surface area contributed by atoms with E-state index in [1.807, 2.05) is 6.07 Å². The van der Waals surface area contributed by atoms with Gasteiger partial charge in [-0.2, -0.15) is 0 Å². The van der Waals surface area contributed by atoms with E-state index in [-0.39, 0.29) is 18.0 Å². The van der Waals surface area contributed by atoms with Gasteiger partial charge in [-0.25, -0.2) is 0 Å². The predicted octanol–water partition coefficient (Wildman–Crippen LogP) is 0.760. The van der Waals surface area contributed by atoms with E-state index in [4.69, 9.17) is 0 Å². The molecule has 0 radical (unpaired) electrons. The molecule has 0 spiro atoms. The number of rotatable bonds is 5. The van der Waals surface area contributed by atoms with Crippen molar-refractivity contribution in [2.75, 3.05) is 7.05 Å². The molecule has 0 aliphatic rings. The molecule has 23 heavy (non-hydrogen) atoms. The van der Waals surface area contributed by atoms with E-state index in [0.717, 1.165) is 0 Å². The van der Waals surface area contributed by atoms with Crippen LogP contribution < -0.4 is 16.2 Å². The molecule has 0 bridgehead atoms. The van der Waals surface area contributed by atoms with Crippen molar-refractivity contribution in [3.05, 3.63) is 70.1 Å². The van der Waals surface area contributed by atoms with E-state index >= 15 is 0 Å². The highest BCUT2D eigenvalue weighted by molar-refractivity contribution is 5.88. The third-order valence-corrected chi connectivity index (χ3v) is 3.47. The normalized spacial score (nSPS) is 11.6. The Hall–Kier alpha value is -2.89. The molecule has 6 heteroatoms. The smallest absolute Gasteiger partial charge is 0.253 e. The van der Waals surface area contributed by atoms with E-state index in [1.165, 1.54) is 11.6 Å². The van der Waals surface area contributed by atoms with Crippen molar-refractivity contribution in [3.8, 4) is 0 Å². The number of hydrogen-bond donors (Lipinski definition) is 2. The molecule has 0 saturated carbocycles. The molecule has 2 N–H and O–H groups in total. The summed E-state index contributed by atoms with van der Waals surface area (Å²) in [6.45, 7) is 1.55. The lowest BCUT2D eigenvalue weighted by molar-refractivity contribution is -0.129. The summed E-state index contributed by atoms with van der Waals surface area (Å²) in [5, 5.41) is 5.20. The zero-order chi connectivity index (χ0) is 16.8. The first-order chi connectivity index (χ1) is 11.0. The number of likely N-dealkylation sites (N-methyl/N-ethyl adjacent to an activating group) is 1. The lowest BCUT2D eigenvalue weighted by Gasteiger charge is -2.18. The summed E-state index contributed by atoms with van der Waals surface area (Å²) in [6.07, 6.45) is 1.55. The molecule has 0 aliphatic heterocycles. The van der Waals surface area contributed by atoms with Gasteiger partial charge in [0.25, 0.3) is 5.56 Å². The Kier molecular flexibility index (Phi) is 5.30. The van der Waals surface area contributed by atoms with Crippen LogP contribution in [0.4, 0.5) is 0 Å². The Balaban J connectivity index is 2.17. The fourth-order valence-electron chi connectivity index (χ4n) is 2.23. The van der Waals surface area contributed by atoms with Gasteiger partial charge in [-0.05, 0) is 18.6 Å². The molecule has 1 heterocycles. The molecule has 1 aromatic heterocycles. The summed E-state index contributed by atoms with van der Waals surface area (Å²) in [5.74, 6) is -0.726. The number of nitrogens with one attached hydrogen (secondary N) is 2. The highest BCUT2D eigenvalue weighted by atomic mass is 16.2. The second kappa shape index (κ2) is 7.40. The Morgan fingerprint density at radius 3 is 2.48 bits per heavy atom. The van der Waals surface area contributed by atoms with Crippen LogP contribution in [0.1, 0.15) is 17.2 Å². The van der Waals surface area contributed by atoms with Crippen LogP contribution in [0.5, 0.6) is 0 Å². The zero-order valence-electron chi connectivity index (χ0n) is 13.1.